The molecule has 5 saturated heterocycles. The predicted molar refractivity (Wildman–Crippen MR) is 385 cm³/mol. The van der Waals surface area contributed by atoms with Crippen LogP contribution in [-0.2, 0) is 61.8 Å². The predicted octanol–water partition coefficient (Wildman–Crippen LogP) is 0.374. The Balaban J connectivity index is 1.33. The summed E-state index contributed by atoms with van der Waals surface area (Å²) in [6.07, 6.45) is -13.5. The quantitative estimate of drug-likeness (QED) is 0.0289. The van der Waals surface area contributed by atoms with Crippen LogP contribution in [0.15, 0.2) is 12.2 Å². The van der Waals surface area contributed by atoms with Gasteiger partial charge in [-0.15, -0.1) is 0 Å². The maximum absolute atomic E-state index is 13.6. The van der Waals surface area contributed by atoms with E-state index in [4.69, 9.17) is 47.4 Å². The highest BCUT2D eigenvalue weighted by Crippen LogP contribution is 2.41. The summed E-state index contributed by atoms with van der Waals surface area (Å²) in [4.78, 5) is 40.3. The maximum atomic E-state index is 13.6. The number of nitrogens with one attached hydrogen (secondary N) is 2. The molecule has 632 valence electrons. The van der Waals surface area contributed by atoms with Crippen molar-refractivity contribution >= 4 is 17.8 Å². The fourth-order valence-corrected chi connectivity index (χ4v) is 14.6. The molecule has 0 radical (unpaired) electrons. The zero-order valence-electron chi connectivity index (χ0n) is 63.7. The molecule has 0 aromatic carbocycles. The number of aliphatic carboxylic acids is 1. The first-order valence-corrected chi connectivity index (χ1v) is 40.1. The third-order valence-corrected chi connectivity index (χ3v) is 21.2. The van der Waals surface area contributed by atoms with Crippen LogP contribution >= 0.6 is 0 Å². The zero-order chi connectivity index (χ0) is 79.3. The molecule has 5 aliphatic rings. The van der Waals surface area contributed by atoms with Gasteiger partial charge < -0.3 is 150 Å². The minimum atomic E-state index is -3.38. The van der Waals surface area contributed by atoms with Gasteiger partial charge in [0.25, 0.3) is 5.79 Å². The Bertz CT molecular complexity index is 2450. The number of carbonyl (C=O) groups excluding carboxylic acids is 2. The standard InChI is InChI=1S/C75H136N2O31/c1-4-6-8-10-12-14-16-18-19-20-21-22-23-25-27-29-31-33-35-37-54(87)77-46(47(84)36-34-32-30-28-26-24-17-15-13-11-9-7-5-2)44-99-71-63(95)61(93)65(52(42-81)102-71)104-73-64(96)69(108-75(74(97)98)38-48(85)56(88)68(107-75)57(89)49(86)39-78)66(53(43-82)103-73)105-70-55(76-45(3)83)67(59(91)51(41-80)100-70)106-72-62(94)60(92)58(90)50(40-79)101-72/h34,36,46-53,55-73,78-82,84-86,88-96H,4-33,35,37-44H2,1-3H3,(H,76,83)(H,77,87)(H,97,98)/b36-34+/t46-,47+,48?,49+,50?,51?,52?,53?,55?,56+,57+,58-,59-,60-,61+,62?,63?,64?,65+,66-,67+,68?,69+,70-,71+,72-,73-,75-/m0/s1. The molecule has 10 unspecified atom stereocenters. The number of hydrogen-bond acceptors (Lipinski definition) is 30. The number of aliphatic hydroxyl groups is 17. The summed E-state index contributed by atoms with van der Waals surface area (Å²) in [5.41, 5.74) is 0. The van der Waals surface area contributed by atoms with Crippen molar-refractivity contribution in [3.05, 3.63) is 12.2 Å². The van der Waals surface area contributed by atoms with Crippen LogP contribution < -0.4 is 10.6 Å². The van der Waals surface area contributed by atoms with Crippen molar-refractivity contribution in [3.8, 4) is 0 Å². The third-order valence-electron chi connectivity index (χ3n) is 21.2. The van der Waals surface area contributed by atoms with Gasteiger partial charge in [0, 0.05) is 19.8 Å². The van der Waals surface area contributed by atoms with Crippen LogP contribution in [0, 0.1) is 0 Å². The average molecular weight is 1560 g/mol. The average Bonchev–Trinajstić information content (AvgIpc) is 0.747. The molecule has 28 atom stereocenters. The highest BCUT2D eigenvalue weighted by Gasteiger charge is 2.62. The SMILES string of the molecule is CCCCCCCCCCCCC/C=C/[C@@H](O)[C@H](CO[C@@H]1OC(CO)[C@@H](O[C@@H]2OC(CO)[C@H](O[C@@H]3OC(CO)[C@H](O)[C@H](O[C@@H]4OC(CO)[C@H](O)[C@H](O)C4O)C3NC(C)=O)[C@H](O[C@]3(C(=O)O)CC(O)[C@@H](O)C([C@H](O)[C@H](O)CO)O3)C2O)[C@H](O)C1O)NC(=O)CCCCCCCCCCCCCCCCCCCCC. The second-order valence-electron chi connectivity index (χ2n) is 30.0. The van der Waals surface area contributed by atoms with Crippen LogP contribution in [0.3, 0.4) is 0 Å². The molecule has 33 heteroatoms. The van der Waals surface area contributed by atoms with E-state index < -0.39 is 229 Å². The fraction of sp³-hybridized carbons (Fsp3) is 0.933. The van der Waals surface area contributed by atoms with Crippen molar-refractivity contribution in [2.24, 2.45) is 0 Å². The number of carboxylic acids is 1. The number of rotatable bonds is 55. The molecule has 0 saturated carbocycles. The van der Waals surface area contributed by atoms with E-state index in [1.54, 1.807) is 6.08 Å². The second kappa shape index (κ2) is 51.8. The minimum Gasteiger partial charge on any atom is -0.477 e. The van der Waals surface area contributed by atoms with E-state index >= 15 is 0 Å². The van der Waals surface area contributed by atoms with Gasteiger partial charge in [0.1, 0.15) is 122 Å². The lowest BCUT2D eigenvalue weighted by atomic mass is 9.90. The monoisotopic (exact) mass is 1560 g/mol. The van der Waals surface area contributed by atoms with Gasteiger partial charge in [-0.2, -0.15) is 0 Å². The molecule has 2 amide bonds. The number of allylic oxidation sites excluding steroid dienone is 1. The molecule has 20 N–H and O–H groups in total. The molecule has 0 spiro atoms. The largest absolute Gasteiger partial charge is 0.477 e. The Kier molecular flexibility index (Phi) is 45.9. The molecule has 5 aliphatic heterocycles. The van der Waals surface area contributed by atoms with Gasteiger partial charge in [0.05, 0.1) is 57.9 Å². The topological polar surface area (TPSA) is 532 Å². The normalized spacial score (nSPS) is 34.5. The number of ether oxygens (including phenoxy) is 10. The van der Waals surface area contributed by atoms with Crippen molar-refractivity contribution in [2.75, 3.05) is 39.6 Å². The van der Waals surface area contributed by atoms with E-state index in [0.717, 1.165) is 58.3 Å². The van der Waals surface area contributed by atoms with Crippen molar-refractivity contribution in [1.82, 2.24) is 10.6 Å². The number of carbonyl (C=O) groups is 3. The third kappa shape index (κ3) is 30.0. The van der Waals surface area contributed by atoms with Gasteiger partial charge in [-0.3, -0.25) is 9.59 Å². The summed E-state index contributed by atoms with van der Waals surface area (Å²) in [5.74, 6) is -6.84. The van der Waals surface area contributed by atoms with E-state index in [-0.39, 0.29) is 12.3 Å². The molecule has 33 nitrogen and oxygen atoms in total. The minimum absolute atomic E-state index is 0.139. The van der Waals surface area contributed by atoms with Crippen LogP contribution in [0.25, 0.3) is 0 Å². The Morgan fingerprint density at radius 2 is 0.917 bits per heavy atom. The number of unbranched alkanes of at least 4 members (excludes halogenated alkanes) is 29. The summed E-state index contributed by atoms with van der Waals surface area (Å²) in [5, 5.41) is 204. The molecule has 5 rings (SSSR count). The fourth-order valence-electron chi connectivity index (χ4n) is 14.6. The van der Waals surface area contributed by atoms with E-state index in [1.807, 2.05) is 6.08 Å². The van der Waals surface area contributed by atoms with Gasteiger partial charge in [0.2, 0.25) is 11.8 Å². The van der Waals surface area contributed by atoms with Crippen LogP contribution in [0.4, 0.5) is 0 Å². The van der Waals surface area contributed by atoms with Crippen LogP contribution in [0.5, 0.6) is 0 Å². The number of hydrogen-bond donors (Lipinski definition) is 20. The first-order valence-electron chi connectivity index (χ1n) is 40.1. The number of aliphatic hydroxyl groups excluding tert-OH is 17. The molecule has 0 aromatic rings. The van der Waals surface area contributed by atoms with Crippen molar-refractivity contribution in [3.63, 3.8) is 0 Å². The maximum Gasteiger partial charge on any atom is 0.364 e. The zero-order valence-corrected chi connectivity index (χ0v) is 63.7. The highest BCUT2D eigenvalue weighted by molar-refractivity contribution is 5.76. The molecule has 5 fully saturated rings. The lowest BCUT2D eigenvalue weighted by Crippen LogP contribution is -2.71. The van der Waals surface area contributed by atoms with E-state index in [1.165, 1.54) is 135 Å². The number of carboxylic acid groups (broad SMARTS) is 1. The van der Waals surface area contributed by atoms with Gasteiger partial charge in [-0.05, 0) is 19.3 Å². The van der Waals surface area contributed by atoms with Crippen LogP contribution in [0.1, 0.15) is 233 Å². The molecule has 5 heterocycles. The Morgan fingerprint density at radius 3 is 1.42 bits per heavy atom. The highest BCUT2D eigenvalue weighted by atomic mass is 16.8. The van der Waals surface area contributed by atoms with E-state index in [9.17, 15) is 106 Å². The smallest absolute Gasteiger partial charge is 0.364 e. The van der Waals surface area contributed by atoms with E-state index in [0.29, 0.717) is 12.8 Å². The molecule has 108 heavy (non-hydrogen) atoms. The Labute approximate surface area is 635 Å². The van der Waals surface area contributed by atoms with E-state index in [2.05, 4.69) is 24.5 Å². The molecule has 0 aromatic heterocycles. The summed E-state index contributed by atoms with van der Waals surface area (Å²) >= 11 is 0. The van der Waals surface area contributed by atoms with Crippen molar-refractivity contribution in [1.29, 1.82) is 0 Å². The first kappa shape index (κ1) is 95.7. The van der Waals surface area contributed by atoms with Gasteiger partial charge >= 0.3 is 5.97 Å². The Hall–Kier alpha value is -2.93. The molecule has 0 aliphatic carbocycles. The summed E-state index contributed by atoms with van der Waals surface area (Å²) < 4.78 is 59.6. The van der Waals surface area contributed by atoms with Crippen molar-refractivity contribution < 1.29 is 154 Å². The second-order valence-corrected chi connectivity index (χ2v) is 30.0. The molecular weight excluding hydrogens is 1420 g/mol. The molecule has 0 bridgehead atoms. The van der Waals surface area contributed by atoms with Gasteiger partial charge in [-0.25, -0.2) is 4.79 Å². The number of amides is 2. The summed E-state index contributed by atoms with van der Waals surface area (Å²) in [6.45, 7) is -0.607. The summed E-state index contributed by atoms with van der Waals surface area (Å²) in [7, 11) is 0. The lowest BCUT2D eigenvalue weighted by Gasteiger charge is -2.52. The van der Waals surface area contributed by atoms with Gasteiger partial charge in [0.15, 0.2) is 25.2 Å². The van der Waals surface area contributed by atoms with Crippen molar-refractivity contribution in [2.45, 2.75) is 404 Å². The Morgan fingerprint density at radius 1 is 0.481 bits per heavy atom. The molecular formula is C75H136N2O31. The first-order chi connectivity index (χ1) is 51.9. The van der Waals surface area contributed by atoms with Gasteiger partial charge in [-0.1, -0.05) is 206 Å². The lowest BCUT2D eigenvalue weighted by molar-refractivity contribution is -0.406. The van der Waals surface area contributed by atoms with Crippen LogP contribution in [-0.4, -0.2) is 321 Å². The summed E-state index contributed by atoms with van der Waals surface area (Å²) in [6, 6.07) is -3.03. The van der Waals surface area contributed by atoms with Crippen LogP contribution in [0.2, 0.25) is 0 Å².